The molecule has 2 aromatic rings. The van der Waals surface area contributed by atoms with Crippen molar-refractivity contribution in [2.75, 3.05) is 11.9 Å². The first-order valence-corrected chi connectivity index (χ1v) is 5.60. The van der Waals surface area contributed by atoms with E-state index in [2.05, 4.69) is 27.4 Å². The van der Waals surface area contributed by atoms with Crippen molar-refractivity contribution in [3.8, 4) is 0 Å². The van der Waals surface area contributed by atoms with E-state index in [1.54, 1.807) is 6.33 Å². The summed E-state index contributed by atoms with van der Waals surface area (Å²) in [4.78, 5) is 8.24. The summed E-state index contributed by atoms with van der Waals surface area (Å²) in [6.07, 6.45) is 1.55. The van der Waals surface area contributed by atoms with Gasteiger partial charge in [0.25, 0.3) is 0 Å². The molecule has 1 heterocycles. The smallest absolute Gasteiger partial charge is 0.130 e. The number of anilines is 1. The average molecular weight is 228 g/mol. The van der Waals surface area contributed by atoms with Crippen molar-refractivity contribution in [1.82, 2.24) is 9.97 Å². The van der Waals surface area contributed by atoms with Gasteiger partial charge < -0.3 is 11.1 Å². The van der Waals surface area contributed by atoms with Gasteiger partial charge in [-0.05, 0) is 12.5 Å². The van der Waals surface area contributed by atoms with Crippen molar-refractivity contribution in [1.29, 1.82) is 0 Å². The van der Waals surface area contributed by atoms with Crippen LogP contribution >= 0.6 is 0 Å². The third-order valence-electron chi connectivity index (χ3n) is 2.56. The molecule has 1 unspecified atom stereocenters. The van der Waals surface area contributed by atoms with Crippen LogP contribution in [0.15, 0.2) is 42.7 Å². The Labute approximate surface area is 101 Å². The zero-order valence-corrected chi connectivity index (χ0v) is 9.80. The fourth-order valence-electron chi connectivity index (χ4n) is 1.68. The van der Waals surface area contributed by atoms with Crippen molar-refractivity contribution >= 4 is 5.82 Å². The lowest BCUT2D eigenvalue weighted by atomic mass is 10.1. The highest BCUT2D eigenvalue weighted by Gasteiger charge is 2.09. The molecule has 0 spiro atoms. The average Bonchev–Trinajstić information content (AvgIpc) is 2.37. The molecule has 1 aromatic carbocycles. The highest BCUT2D eigenvalue weighted by atomic mass is 15.0. The second-order valence-electron chi connectivity index (χ2n) is 3.89. The van der Waals surface area contributed by atoms with Gasteiger partial charge in [-0.2, -0.15) is 0 Å². The summed E-state index contributed by atoms with van der Waals surface area (Å²) in [5, 5.41) is 3.31. The van der Waals surface area contributed by atoms with Gasteiger partial charge in [-0.15, -0.1) is 0 Å². The molecule has 0 aliphatic carbocycles. The van der Waals surface area contributed by atoms with Gasteiger partial charge in [0, 0.05) is 18.3 Å². The predicted octanol–water partition coefficient (Wildman–Crippen LogP) is 1.90. The second kappa shape index (κ2) is 5.41. The van der Waals surface area contributed by atoms with Crippen molar-refractivity contribution < 1.29 is 0 Å². The Kier molecular flexibility index (Phi) is 3.67. The first-order chi connectivity index (χ1) is 8.29. The predicted molar refractivity (Wildman–Crippen MR) is 68.6 cm³/mol. The van der Waals surface area contributed by atoms with Crippen LogP contribution in [-0.2, 0) is 0 Å². The minimum atomic E-state index is 0.0745. The standard InChI is InChI=1S/C13H16N4/c1-10-7-13(16-9-15-10)17-12(8-14)11-5-3-2-4-6-11/h2-7,9,12H,8,14H2,1H3,(H,15,16,17). The number of hydrogen-bond acceptors (Lipinski definition) is 4. The molecule has 1 atom stereocenters. The van der Waals surface area contributed by atoms with Gasteiger partial charge >= 0.3 is 0 Å². The summed E-state index contributed by atoms with van der Waals surface area (Å²) in [5.41, 5.74) is 7.88. The van der Waals surface area contributed by atoms with Crippen molar-refractivity contribution in [2.45, 2.75) is 13.0 Å². The quantitative estimate of drug-likeness (QED) is 0.839. The second-order valence-corrected chi connectivity index (χ2v) is 3.89. The molecule has 0 bridgehead atoms. The molecular weight excluding hydrogens is 212 g/mol. The molecule has 88 valence electrons. The van der Waals surface area contributed by atoms with E-state index in [1.807, 2.05) is 31.2 Å². The van der Waals surface area contributed by atoms with Crippen LogP contribution in [-0.4, -0.2) is 16.5 Å². The summed E-state index contributed by atoms with van der Waals surface area (Å²) in [6.45, 7) is 2.46. The van der Waals surface area contributed by atoms with E-state index < -0.39 is 0 Å². The van der Waals surface area contributed by atoms with Crippen LogP contribution in [0.2, 0.25) is 0 Å². The largest absolute Gasteiger partial charge is 0.362 e. The van der Waals surface area contributed by atoms with Crippen LogP contribution in [0.5, 0.6) is 0 Å². The van der Waals surface area contributed by atoms with Gasteiger partial charge in [0.15, 0.2) is 0 Å². The molecule has 0 radical (unpaired) electrons. The third kappa shape index (κ3) is 3.01. The molecule has 0 amide bonds. The number of aryl methyl sites for hydroxylation is 1. The zero-order valence-electron chi connectivity index (χ0n) is 9.80. The Morgan fingerprint density at radius 2 is 2.00 bits per heavy atom. The number of rotatable bonds is 4. The number of nitrogens with zero attached hydrogens (tertiary/aromatic N) is 2. The number of aromatic nitrogens is 2. The Bertz CT molecular complexity index is 470. The Morgan fingerprint density at radius 1 is 1.24 bits per heavy atom. The summed E-state index contributed by atoms with van der Waals surface area (Å²) in [7, 11) is 0. The van der Waals surface area contributed by atoms with Crippen LogP contribution in [0.4, 0.5) is 5.82 Å². The Balaban J connectivity index is 2.16. The van der Waals surface area contributed by atoms with Crippen molar-refractivity contribution in [2.24, 2.45) is 5.73 Å². The molecule has 0 aliphatic heterocycles. The highest BCUT2D eigenvalue weighted by molar-refractivity contribution is 5.38. The molecule has 4 heteroatoms. The van der Waals surface area contributed by atoms with Gasteiger partial charge in [-0.3, -0.25) is 0 Å². The van der Waals surface area contributed by atoms with E-state index in [9.17, 15) is 0 Å². The lowest BCUT2D eigenvalue weighted by Crippen LogP contribution is -2.21. The van der Waals surface area contributed by atoms with Crippen LogP contribution in [0.25, 0.3) is 0 Å². The maximum absolute atomic E-state index is 5.78. The highest BCUT2D eigenvalue weighted by Crippen LogP contribution is 2.16. The maximum atomic E-state index is 5.78. The van der Waals surface area contributed by atoms with Gasteiger partial charge in [0.2, 0.25) is 0 Å². The van der Waals surface area contributed by atoms with E-state index in [0.717, 1.165) is 17.1 Å². The summed E-state index contributed by atoms with van der Waals surface area (Å²) in [6, 6.07) is 12.1. The van der Waals surface area contributed by atoms with Crippen LogP contribution in [0.1, 0.15) is 17.3 Å². The van der Waals surface area contributed by atoms with E-state index in [4.69, 9.17) is 5.73 Å². The Morgan fingerprint density at radius 3 is 2.65 bits per heavy atom. The van der Waals surface area contributed by atoms with Crippen molar-refractivity contribution in [3.63, 3.8) is 0 Å². The number of nitrogens with one attached hydrogen (secondary N) is 1. The molecule has 17 heavy (non-hydrogen) atoms. The summed E-state index contributed by atoms with van der Waals surface area (Å²) >= 11 is 0. The SMILES string of the molecule is Cc1cc(NC(CN)c2ccccc2)ncn1. The summed E-state index contributed by atoms with van der Waals surface area (Å²) in [5.74, 6) is 0.803. The fourth-order valence-corrected chi connectivity index (χ4v) is 1.68. The van der Waals surface area contributed by atoms with Crippen LogP contribution < -0.4 is 11.1 Å². The molecule has 3 N–H and O–H groups in total. The van der Waals surface area contributed by atoms with E-state index in [1.165, 1.54) is 0 Å². The van der Waals surface area contributed by atoms with Gasteiger partial charge in [-0.25, -0.2) is 9.97 Å². The lowest BCUT2D eigenvalue weighted by molar-refractivity contribution is 0.782. The fraction of sp³-hybridized carbons (Fsp3) is 0.231. The van der Waals surface area contributed by atoms with Gasteiger partial charge in [0.05, 0.1) is 6.04 Å². The molecule has 0 saturated carbocycles. The van der Waals surface area contributed by atoms with E-state index in [0.29, 0.717) is 6.54 Å². The first-order valence-electron chi connectivity index (χ1n) is 5.60. The molecule has 0 aliphatic rings. The molecule has 1 aromatic heterocycles. The van der Waals surface area contributed by atoms with Crippen molar-refractivity contribution in [3.05, 3.63) is 54.0 Å². The minimum absolute atomic E-state index is 0.0745. The maximum Gasteiger partial charge on any atom is 0.130 e. The first kappa shape index (κ1) is 11.5. The minimum Gasteiger partial charge on any atom is -0.362 e. The number of nitrogens with two attached hydrogens (primary N) is 1. The van der Waals surface area contributed by atoms with Gasteiger partial charge in [0.1, 0.15) is 12.1 Å². The molecule has 0 saturated heterocycles. The summed E-state index contributed by atoms with van der Waals surface area (Å²) < 4.78 is 0. The van der Waals surface area contributed by atoms with E-state index >= 15 is 0 Å². The molecule has 4 nitrogen and oxygen atoms in total. The van der Waals surface area contributed by atoms with Gasteiger partial charge in [-0.1, -0.05) is 30.3 Å². The van der Waals surface area contributed by atoms with Crippen LogP contribution in [0, 0.1) is 6.92 Å². The lowest BCUT2D eigenvalue weighted by Gasteiger charge is -2.17. The zero-order chi connectivity index (χ0) is 12.1. The normalized spacial score (nSPS) is 12.1. The monoisotopic (exact) mass is 228 g/mol. The topological polar surface area (TPSA) is 63.8 Å². The van der Waals surface area contributed by atoms with E-state index in [-0.39, 0.29) is 6.04 Å². The molecular formula is C13H16N4. The van der Waals surface area contributed by atoms with Crippen LogP contribution in [0.3, 0.4) is 0 Å². The molecule has 0 fully saturated rings. The number of hydrogen-bond donors (Lipinski definition) is 2. The number of benzene rings is 1. The third-order valence-corrected chi connectivity index (χ3v) is 2.56. The molecule has 2 rings (SSSR count). The Hall–Kier alpha value is -1.94.